The van der Waals surface area contributed by atoms with Gasteiger partial charge in [-0.1, -0.05) is 39.0 Å². The van der Waals surface area contributed by atoms with E-state index in [-0.39, 0.29) is 18.1 Å². The Kier molecular flexibility index (Phi) is 5.18. The Balaban J connectivity index is 1.52. The van der Waals surface area contributed by atoms with Gasteiger partial charge in [0.2, 0.25) is 6.79 Å². The first kappa shape index (κ1) is 18.3. The van der Waals surface area contributed by atoms with Gasteiger partial charge in [0.05, 0.1) is 6.10 Å². The summed E-state index contributed by atoms with van der Waals surface area (Å²) in [6.07, 6.45) is -0.251. The summed E-state index contributed by atoms with van der Waals surface area (Å²) in [5.41, 5.74) is 2.62. The number of ether oxygens (including phenoxy) is 2. The molecule has 138 valence electrons. The van der Waals surface area contributed by atoms with Crippen molar-refractivity contribution < 1.29 is 19.4 Å². The molecule has 2 N–H and O–H groups in total. The molecule has 26 heavy (non-hydrogen) atoms. The van der Waals surface area contributed by atoms with Gasteiger partial charge in [0.15, 0.2) is 11.5 Å². The normalized spacial score (nSPS) is 14.2. The Morgan fingerprint density at radius 2 is 1.81 bits per heavy atom. The molecule has 2 aromatic rings. The summed E-state index contributed by atoms with van der Waals surface area (Å²) in [4.78, 5) is 12.2. The van der Waals surface area contributed by atoms with Crippen molar-refractivity contribution in [3.8, 4) is 11.5 Å². The van der Waals surface area contributed by atoms with E-state index in [0.717, 1.165) is 5.56 Å². The predicted octanol–water partition coefficient (Wildman–Crippen LogP) is 3.57. The number of fused-ring (bicyclic) bond motifs is 1. The zero-order valence-electron chi connectivity index (χ0n) is 15.4. The van der Waals surface area contributed by atoms with Crippen LogP contribution in [-0.2, 0) is 5.41 Å². The lowest BCUT2D eigenvalue weighted by atomic mass is 9.87. The molecule has 0 spiro atoms. The summed E-state index contributed by atoms with van der Waals surface area (Å²) < 4.78 is 10.6. The van der Waals surface area contributed by atoms with Crippen molar-refractivity contribution in [3.63, 3.8) is 0 Å². The van der Waals surface area contributed by atoms with E-state index in [1.807, 2.05) is 30.3 Å². The van der Waals surface area contributed by atoms with E-state index in [4.69, 9.17) is 9.47 Å². The molecular weight excluding hydrogens is 330 g/mol. The molecule has 0 aliphatic carbocycles. The summed E-state index contributed by atoms with van der Waals surface area (Å²) in [6.45, 7) is 7.01. The van der Waals surface area contributed by atoms with Crippen LogP contribution in [0.25, 0.3) is 0 Å². The molecule has 0 aromatic heterocycles. The average Bonchev–Trinajstić information content (AvgIpc) is 3.08. The van der Waals surface area contributed by atoms with Crippen LogP contribution in [0.2, 0.25) is 0 Å². The summed E-state index contributed by atoms with van der Waals surface area (Å²) in [7, 11) is 0. The third-order valence-electron chi connectivity index (χ3n) is 4.50. The van der Waals surface area contributed by atoms with Crippen molar-refractivity contribution in [1.29, 1.82) is 0 Å². The van der Waals surface area contributed by atoms with E-state index in [2.05, 4.69) is 26.1 Å². The molecule has 1 heterocycles. The van der Waals surface area contributed by atoms with Gasteiger partial charge in [-0.05, 0) is 47.2 Å². The van der Waals surface area contributed by atoms with Crippen LogP contribution in [0.3, 0.4) is 0 Å². The largest absolute Gasteiger partial charge is 0.454 e. The predicted molar refractivity (Wildman–Crippen MR) is 99.6 cm³/mol. The third-order valence-corrected chi connectivity index (χ3v) is 4.50. The van der Waals surface area contributed by atoms with Crippen LogP contribution < -0.4 is 14.8 Å². The first-order valence-corrected chi connectivity index (χ1v) is 8.81. The van der Waals surface area contributed by atoms with Crippen molar-refractivity contribution in [1.82, 2.24) is 5.32 Å². The smallest absolute Gasteiger partial charge is 0.251 e. The van der Waals surface area contributed by atoms with Crippen LogP contribution in [0.5, 0.6) is 11.5 Å². The van der Waals surface area contributed by atoms with E-state index in [9.17, 15) is 9.90 Å². The van der Waals surface area contributed by atoms with Gasteiger partial charge < -0.3 is 19.9 Å². The monoisotopic (exact) mass is 355 g/mol. The van der Waals surface area contributed by atoms with Gasteiger partial charge in [-0.3, -0.25) is 4.79 Å². The molecule has 1 atom stereocenters. The average molecular weight is 355 g/mol. The first-order valence-electron chi connectivity index (χ1n) is 8.81. The quantitative estimate of drug-likeness (QED) is 0.860. The number of amides is 1. The maximum Gasteiger partial charge on any atom is 0.251 e. The molecule has 0 radical (unpaired) electrons. The van der Waals surface area contributed by atoms with Crippen LogP contribution in [-0.4, -0.2) is 24.4 Å². The number of benzene rings is 2. The zero-order chi connectivity index (χ0) is 18.7. The molecular formula is C21H25NO4. The fourth-order valence-corrected chi connectivity index (χ4v) is 2.83. The number of hydrogen-bond acceptors (Lipinski definition) is 4. The van der Waals surface area contributed by atoms with Crippen molar-refractivity contribution >= 4 is 5.91 Å². The highest BCUT2D eigenvalue weighted by atomic mass is 16.7. The van der Waals surface area contributed by atoms with Gasteiger partial charge in [0.25, 0.3) is 5.91 Å². The number of aliphatic hydroxyl groups is 1. The third kappa shape index (κ3) is 4.17. The van der Waals surface area contributed by atoms with Gasteiger partial charge in [-0.25, -0.2) is 0 Å². The maximum atomic E-state index is 12.2. The number of nitrogens with one attached hydrogen (secondary N) is 1. The lowest BCUT2D eigenvalue weighted by Crippen LogP contribution is -2.25. The van der Waals surface area contributed by atoms with Crippen LogP contribution in [0.15, 0.2) is 42.5 Å². The van der Waals surface area contributed by atoms with Gasteiger partial charge in [0.1, 0.15) is 0 Å². The summed E-state index contributed by atoms with van der Waals surface area (Å²) in [5.74, 6) is 1.20. The Bertz CT molecular complexity index is 778. The number of carbonyl (C=O) groups excluding carboxylic acids is 1. The highest BCUT2D eigenvalue weighted by Crippen LogP contribution is 2.34. The van der Waals surface area contributed by atoms with Crippen molar-refractivity contribution in [2.75, 3.05) is 13.3 Å². The molecule has 3 rings (SSSR count). The minimum Gasteiger partial charge on any atom is -0.454 e. The lowest BCUT2D eigenvalue weighted by Gasteiger charge is -2.19. The van der Waals surface area contributed by atoms with Gasteiger partial charge in [0, 0.05) is 12.1 Å². The van der Waals surface area contributed by atoms with E-state index in [1.165, 1.54) is 5.56 Å². The fraction of sp³-hybridized carbons (Fsp3) is 0.381. The van der Waals surface area contributed by atoms with Crippen LogP contribution in [0.4, 0.5) is 0 Å². The SMILES string of the molecule is CC(C)(C)c1ccc(C(=O)NCCC(O)c2ccc3c(c2)OCO3)cc1. The second kappa shape index (κ2) is 7.38. The highest BCUT2D eigenvalue weighted by molar-refractivity contribution is 5.94. The van der Waals surface area contributed by atoms with Gasteiger partial charge >= 0.3 is 0 Å². The minimum atomic E-state index is -0.673. The summed E-state index contributed by atoms with van der Waals surface area (Å²) in [5, 5.41) is 13.2. The van der Waals surface area contributed by atoms with Crippen molar-refractivity contribution in [3.05, 3.63) is 59.2 Å². The topological polar surface area (TPSA) is 67.8 Å². The van der Waals surface area contributed by atoms with Gasteiger partial charge in [-0.2, -0.15) is 0 Å². The van der Waals surface area contributed by atoms with E-state index in [1.54, 1.807) is 12.1 Å². The van der Waals surface area contributed by atoms with E-state index in [0.29, 0.717) is 30.0 Å². The number of aliphatic hydroxyl groups excluding tert-OH is 1. The molecule has 0 saturated carbocycles. The highest BCUT2D eigenvalue weighted by Gasteiger charge is 2.17. The molecule has 1 amide bonds. The zero-order valence-corrected chi connectivity index (χ0v) is 15.4. The molecule has 5 nitrogen and oxygen atoms in total. The standard InChI is InChI=1S/C21H25NO4/c1-21(2,3)16-7-4-14(5-8-16)20(24)22-11-10-17(23)15-6-9-18-19(12-15)26-13-25-18/h4-9,12,17,23H,10-11,13H2,1-3H3,(H,22,24). The van der Waals surface area contributed by atoms with Crippen LogP contribution in [0.1, 0.15) is 54.8 Å². The Labute approximate surface area is 153 Å². The molecule has 1 aliphatic heterocycles. The molecule has 1 aliphatic rings. The summed E-state index contributed by atoms with van der Waals surface area (Å²) >= 11 is 0. The molecule has 0 fully saturated rings. The second-order valence-corrected chi connectivity index (χ2v) is 7.50. The Morgan fingerprint density at radius 1 is 1.12 bits per heavy atom. The van der Waals surface area contributed by atoms with Crippen molar-refractivity contribution in [2.45, 2.75) is 38.7 Å². The minimum absolute atomic E-state index is 0.0593. The molecule has 5 heteroatoms. The van der Waals surface area contributed by atoms with E-state index >= 15 is 0 Å². The number of carbonyl (C=O) groups is 1. The van der Waals surface area contributed by atoms with Gasteiger partial charge in [-0.15, -0.1) is 0 Å². The molecule has 0 saturated heterocycles. The molecule has 1 unspecified atom stereocenters. The lowest BCUT2D eigenvalue weighted by molar-refractivity contribution is 0.0942. The fourth-order valence-electron chi connectivity index (χ4n) is 2.83. The van der Waals surface area contributed by atoms with Crippen molar-refractivity contribution in [2.24, 2.45) is 0 Å². The Morgan fingerprint density at radius 3 is 2.50 bits per heavy atom. The van der Waals surface area contributed by atoms with Crippen LogP contribution >= 0.6 is 0 Å². The maximum absolute atomic E-state index is 12.2. The molecule has 0 bridgehead atoms. The first-order chi connectivity index (χ1) is 12.3. The Hall–Kier alpha value is -2.53. The summed E-state index contributed by atoms with van der Waals surface area (Å²) in [6, 6.07) is 13.0. The second-order valence-electron chi connectivity index (χ2n) is 7.50. The van der Waals surface area contributed by atoms with E-state index < -0.39 is 6.10 Å². The van der Waals surface area contributed by atoms with Crippen LogP contribution in [0, 0.1) is 0 Å². The number of hydrogen-bond donors (Lipinski definition) is 2. The number of rotatable bonds is 5. The molecule has 2 aromatic carbocycles.